The van der Waals surface area contributed by atoms with E-state index in [0.717, 1.165) is 17.6 Å². The van der Waals surface area contributed by atoms with Gasteiger partial charge >= 0.3 is 6.18 Å². The van der Waals surface area contributed by atoms with Crippen LogP contribution < -0.4 is 5.32 Å². The van der Waals surface area contributed by atoms with Crippen molar-refractivity contribution in [1.82, 2.24) is 24.8 Å². The van der Waals surface area contributed by atoms with Crippen LogP contribution in [0.4, 0.5) is 19.0 Å². The fourth-order valence-corrected chi connectivity index (χ4v) is 3.10. The van der Waals surface area contributed by atoms with E-state index in [4.69, 9.17) is 0 Å². The molecule has 1 N–H and O–H groups in total. The number of rotatable bonds is 5. The highest BCUT2D eigenvalue weighted by molar-refractivity contribution is 5.90. The van der Waals surface area contributed by atoms with Crippen LogP contribution in [0.25, 0.3) is 11.0 Å². The Morgan fingerprint density at radius 1 is 1.07 bits per heavy atom. The number of nitrogens with one attached hydrogen (secondary N) is 1. The summed E-state index contributed by atoms with van der Waals surface area (Å²) in [6.07, 6.45) is -4.40. The van der Waals surface area contributed by atoms with Gasteiger partial charge in [0.25, 0.3) is 0 Å². The van der Waals surface area contributed by atoms with E-state index in [9.17, 15) is 18.0 Å². The van der Waals surface area contributed by atoms with Gasteiger partial charge in [0.2, 0.25) is 5.91 Å². The third kappa shape index (κ3) is 4.17. The molecule has 0 saturated heterocycles. The van der Waals surface area contributed by atoms with Gasteiger partial charge in [-0.05, 0) is 36.8 Å². The SMILES string of the molecule is Cc1cc(NC(=O)Cn2nnc3ccccc32)nn1Cc1cccc(C(F)(F)F)c1. The normalized spacial score (nSPS) is 11.7. The van der Waals surface area contributed by atoms with Crippen molar-refractivity contribution in [3.63, 3.8) is 0 Å². The zero-order valence-electron chi connectivity index (χ0n) is 15.9. The Kier molecular flexibility index (Phi) is 4.98. The molecule has 0 aliphatic heterocycles. The Morgan fingerprint density at radius 2 is 1.87 bits per heavy atom. The molecule has 0 spiro atoms. The summed E-state index contributed by atoms with van der Waals surface area (Å²) in [6, 6.07) is 14.0. The van der Waals surface area contributed by atoms with Crippen LogP contribution >= 0.6 is 0 Å². The molecule has 0 bridgehead atoms. The highest BCUT2D eigenvalue weighted by Gasteiger charge is 2.30. The predicted molar refractivity (Wildman–Crippen MR) is 104 cm³/mol. The Labute approximate surface area is 169 Å². The molecule has 2 aromatic heterocycles. The number of benzene rings is 2. The molecule has 0 aliphatic carbocycles. The molecule has 154 valence electrons. The summed E-state index contributed by atoms with van der Waals surface area (Å²) >= 11 is 0. The van der Waals surface area contributed by atoms with Crippen LogP contribution in [0.5, 0.6) is 0 Å². The highest BCUT2D eigenvalue weighted by atomic mass is 19.4. The summed E-state index contributed by atoms with van der Waals surface area (Å²) in [5, 5.41) is 14.9. The quantitative estimate of drug-likeness (QED) is 0.541. The van der Waals surface area contributed by atoms with Crippen molar-refractivity contribution in [3.8, 4) is 0 Å². The molecular formula is C20H17F3N6O. The molecule has 0 unspecified atom stereocenters. The Bertz CT molecular complexity index is 1210. The number of nitrogens with zero attached hydrogens (tertiary/aromatic N) is 5. The fourth-order valence-electron chi connectivity index (χ4n) is 3.10. The van der Waals surface area contributed by atoms with Crippen molar-refractivity contribution in [2.45, 2.75) is 26.2 Å². The van der Waals surface area contributed by atoms with Crippen molar-refractivity contribution >= 4 is 22.8 Å². The van der Waals surface area contributed by atoms with Crippen molar-refractivity contribution in [2.24, 2.45) is 0 Å². The van der Waals surface area contributed by atoms with E-state index < -0.39 is 11.7 Å². The number of hydrogen-bond acceptors (Lipinski definition) is 4. The zero-order chi connectivity index (χ0) is 21.3. The molecule has 7 nitrogen and oxygen atoms in total. The minimum atomic E-state index is -4.40. The molecular weight excluding hydrogens is 397 g/mol. The van der Waals surface area contributed by atoms with Gasteiger partial charge in [-0.15, -0.1) is 5.10 Å². The number of halogens is 3. The van der Waals surface area contributed by atoms with E-state index in [1.165, 1.54) is 15.4 Å². The summed E-state index contributed by atoms with van der Waals surface area (Å²) in [5.74, 6) is -0.0248. The minimum absolute atomic E-state index is 0.0416. The summed E-state index contributed by atoms with van der Waals surface area (Å²) < 4.78 is 41.7. The standard InChI is InChI=1S/C20H17F3N6O/c1-13-9-18(24-19(30)12-29-17-8-3-2-7-16(17)25-27-29)26-28(13)11-14-5-4-6-15(10-14)20(21,22)23/h2-10H,11-12H2,1H3,(H,24,26,30). The third-order valence-corrected chi connectivity index (χ3v) is 4.55. The molecule has 0 radical (unpaired) electrons. The fraction of sp³-hybridized carbons (Fsp3) is 0.200. The van der Waals surface area contributed by atoms with Crippen molar-refractivity contribution in [1.29, 1.82) is 0 Å². The van der Waals surface area contributed by atoms with Gasteiger partial charge in [0.1, 0.15) is 12.1 Å². The first-order valence-corrected chi connectivity index (χ1v) is 9.08. The molecule has 2 heterocycles. The summed E-state index contributed by atoms with van der Waals surface area (Å²) in [6.45, 7) is 1.88. The van der Waals surface area contributed by atoms with Crippen LogP contribution in [0.2, 0.25) is 0 Å². The van der Waals surface area contributed by atoms with Gasteiger partial charge in [0, 0.05) is 11.8 Å². The van der Waals surface area contributed by atoms with Gasteiger partial charge < -0.3 is 5.32 Å². The number of carbonyl (C=O) groups is 1. The smallest absolute Gasteiger partial charge is 0.308 e. The van der Waals surface area contributed by atoms with Gasteiger partial charge in [-0.1, -0.05) is 29.5 Å². The maximum absolute atomic E-state index is 12.9. The lowest BCUT2D eigenvalue weighted by Crippen LogP contribution is -2.20. The first-order chi connectivity index (χ1) is 14.3. The number of alkyl halides is 3. The maximum Gasteiger partial charge on any atom is 0.416 e. The van der Waals surface area contributed by atoms with Crippen LogP contribution in [0.1, 0.15) is 16.8 Å². The molecule has 30 heavy (non-hydrogen) atoms. The van der Waals surface area contributed by atoms with Crippen LogP contribution in [-0.4, -0.2) is 30.7 Å². The Hall–Kier alpha value is -3.69. The van der Waals surface area contributed by atoms with Gasteiger partial charge in [-0.2, -0.15) is 18.3 Å². The Morgan fingerprint density at radius 3 is 2.67 bits per heavy atom. The van der Waals surface area contributed by atoms with E-state index in [-0.39, 0.29) is 19.0 Å². The molecule has 4 aromatic rings. The lowest BCUT2D eigenvalue weighted by atomic mass is 10.1. The molecule has 1 amide bonds. The lowest BCUT2D eigenvalue weighted by molar-refractivity contribution is -0.137. The minimum Gasteiger partial charge on any atom is -0.308 e. The average Bonchev–Trinajstić information content (AvgIpc) is 3.25. The van der Waals surface area contributed by atoms with E-state index in [1.54, 1.807) is 25.1 Å². The summed E-state index contributed by atoms with van der Waals surface area (Å²) in [7, 11) is 0. The molecule has 0 saturated carbocycles. The summed E-state index contributed by atoms with van der Waals surface area (Å²) in [4.78, 5) is 12.4. The molecule has 2 aromatic carbocycles. The average molecular weight is 414 g/mol. The van der Waals surface area contributed by atoms with Gasteiger partial charge in [-0.25, -0.2) is 4.68 Å². The number of para-hydroxylation sites is 1. The second-order valence-electron chi connectivity index (χ2n) is 6.81. The molecule has 0 aliphatic rings. The van der Waals surface area contributed by atoms with E-state index in [2.05, 4.69) is 20.7 Å². The summed E-state index contributed by atoms with van der Waals surface area (Å²) in [5.41, 5.74) is 1.88. The molecule has 4 rings (SSSR count). The molecule has 10 heteroatoms. The number of amides is 1. The lowest BCUT2D eigenvalue weighted by Gasteiger charge is -2.09. The molecule has 0 atom stereocenters. The second-order valence-corrected chi connectivity index (χ2v) is 6.81. The number of anilines is 1. The monoisotopic (exact) mass is 414 g/mol. The second kappa shape index (κ2) is 7.62. The Balaban J connectivity index is 1.46. The largest absolute Gasteiger partial charge is 0.416 e. The number of aryl methyl sites for hydroxylation is 1. The first-order valence-electron chi connectivity index (χ1n) is 9.08. The number of fused-ring (bicyclic) bond motifs is 1. The van der Waals surface area contributed by atoms with Gasteiger partial charge in [0.15, 0.2) is 5.82 Å². The van der Waals surface area contributed by atoms with Gasteiger partial charge in [0.05, 0.1) is 17.6 Å². The van der Waals surface area contributed by atoms with Crippen molar-refractivity contribution < 1.29 is 18.0 Å². The van der Waals surface area contributed by atoms with Gasteiger partial charge in [-0.3, -0.25) is 9.48 Å². The van der Waals surface area contributed by atoms with Crippen LogP contribution in [0.15, 0.2) is 54.6 Å². The number of carbonyl (C=O) groups excluding carboxylic acids is 1. The predicted octanol–water partition coefficient (Wildman–Crippen LogP) is 3.64. The van der Waals surface area contributed by atoms with Crippen LogP contribution in [-0.2, 0) is 24.1 Å². The van der Waals surface area contributed by atoms with E-state index in [0.29, 0.717) is 22.6 Å². The third-order valence-electron chi connectivity index (χ3n) is 4.55. The maximum atomic E-state index is 12.9. The topological polar surface area (TPSA) is 77.6 Å². The van der Waals surface area contributed by atoms with Crippen molar-refractivity contribution in [3.05, 3.63) is 71.4 Å². The number of hydrogen-bond donors (Lipinski definition) is 1. The van der Waals surface area contributed by atoms with Crippen LogP contribution in [0, 0.1) is 6.92 Å². The van der Waals surface area contributed by atoms with E-state index >= 15 is 0 Å². The number of aromatic nitrogens is 5. The van der Waals surface area contributed by atoms with Crippen LogP contribution in [0.3, 0.4) is 0 Å². The van der Waals surface area contributed by atoms with E-state index in [1.807, 2.05) is 18.2 Å². The first kappa shape index (κ1) is 19.6. The highest BCUT2D eigenvalue weighted by Crippen LogP contribution is 2.29. The van der Waals surface area contributed by atoms with Crippen molar-refractivity contribution in [2.75, 3.05) is 5.32 Å². The molecule has 0 fully saturated rings. The zero-order valence-corrected chi connectivity index (χ0v) is 15.9.